The number of hydrogen-bond donors (Lipinski definition) is 1. The molecule has 0 aliphatic rings. The van der Waals surface area contributed by atoms with Gasteiger partial charge in [-0.25, -0.2) is 0 Å². The van der Waals surface area contributed by atoms with Gasteiger partial charge >= 0.3 is 0 Å². The van der Waals surface area contributed by atoms with Crippen molar-refractivity contribution in [3.63, 3.8) is 0 Å². The highest BCUT2D eigenvalue weighted by Gasteiger charge is 2.21. The summed E-state index contributed by atoms with van der Waals surface area (Å²) in [6.45, 7) is 6.23. The average molecular weight is 352 g/mol. The maximum atomic E-state index is 12.5. The predicted octanol–water partition coefficient (Wildman–Crippen LogP) is 4.95. The predicted molar refractivity (Wildman–Crippen MR) is 88.2 cm³/mol. The second kappa shape index (κ2) is 6.55. The summed E-state index contributed by atoms with van der Waals surface area (Å²) >= 11 is 5.13. The molecule has 0 radical (unpaired) electrons. The van der Waals surface area contributed by atoms with Gasteiger partial charge in [-0.1, -0.05) is 31.5 Å². The lowest BCUT2D eigenvalue weighted by molar-refractivity contribution is 0.0925. The van der Waals surface area contributed by atoms with Crippen molar-refractivity contribution in [2.24, 2.45) is 5.92 Å². The molecular formula is C16H18BrNOS. The van der Waals surface area contributed by atoms with Crippen molar-refractivity contribution in [2.45, 2.75) is 26.8 Å². The zero-order chi connectivity index (χ0) is 14.7. The first-order valence-electron chi connectivity index (χ1n) is 6.59. The number of carbonyl (C=O) groups is 1. The average Bonchev–Trinajstić information content (AvgIpc) is 2.91. The molecule has 0 aliphatic heterocycles. The first kappa shape index (κ1) is 15.3. The molecule has 20 heavy (non-hydrogen) atoms. The zero-order valence-electron chi connectivity index (χ0n) is 11.8. The van der Waals surface area contributed by atoms with Crippen LogP contribution in [-0.2, 0) is 0 Å². The van der Waals surface area contributed by atoms with E-state index in [4.69, 9.17) is 0 Å². The minimum Gasteiger partial charge on any atom is -0.344 e. The SMILES string of the molecule is Cc1ccc(Br)c(C(=O)NC(c2cccs2)C(C)C)c1. The molecule has 1 aromatic carbocycles. The van der Waals surface area contributed by atoms with Crippen molar-refractivity contribution < 1.29 is 4.79 Å². The first-order chi connectivity index (χ1) is 9.49. The minimum atomic E-state index is -0.0346. The molecule has 4 heteroatoms. The summed E-state index contributed by atoms with van der Waals surface area (Å²) in [7, 11) is 0. The fourth-order valence-electron chi connectivity index (χ4n) is 2.07. The molecule has 1 aromatic heterocycles. The molecule has 0 saturated heterocycles. The largest absolute Gasteiger partial charge is 0.344 e. The summed E-state index contributed by atoms with van der Waals surface area (Å²) in [5.74, 6) is 0.314. The normalized spacial score (nSPS) is 12.4. The van der Waals surface area contributed by atoms with Gasteiger partial charge in [-0.05, 0) is 52.4 Å². The van der Waals surface area contributed by atoms with Crippen LogP contribution in [0.5, 0.6) is 0 Å². The lowest BCUT2D eigenvalue weighted by Crippen LogP contribution is -2.31. The number of rotatable bonds is 4. The van der Waals surface area contributed by atoms with E-state index in [9.17, 15) is 4.79 Å². The molecule has 106 valence electrons. The molecule has 1 unspecified atom stereocenters. The molecule has 2 rings (SSSR count). The number of carbonyl (C=O) groups excluding carboxylic acids is 1. The van der Waals surface area contributed by atoms with Crippen molar-refractivity contribution in [1.82, 2.24) is 5.32 Å². The van der Waals surface area contributed by atoms with E-state index < -0.39 is 0 Å². The van der Waals surface area contributed by atoms with Gasteiger partial charge in [-0.15, -0.1) is 11.3 Å². The summed E-state index contributed by atoms with van der Waals surface area (Å²) in [6, 6.07) is 9.95. The third kappa shape index (κ3) is 3.49. The highest BCUT2D eigenvalue weighted by atomic mass is 79.9. The Kier molecular flexibility index (Phi) is 5.00. The van der Waals surface area contributed by atoms with Gasteiger partial charge in [0.05, 0.1) is 11.6 Å². The van der Waals surface area contributed by atoms with E-state index in [0.29, 0.717) is 11.5 Å². The molecule has 1 atom stereocenters. The van der Waals surface area contributed by atoms with Gasteiger partial charge in [0.2, 0.25) is 0 Å². The lowest BCUT2D eigenvalue weighted by atomic mass is 10.0. The smallest absolute Gasteiger partial charge is 0.252 e. The van der Waals surface area contributed by atoms with Crippen LogP contribution in [0.4, 0.5) is 0 Å². The monoisotopic (exact) mass is 351 g/mol. The minimum absolute atomic E-state index is 0.0346. The number of aryl methyl sites for hydroxylation is 1. The Hall–Kier alpha value is -1.13. The van der Waals surface area contributed by atoms with Gasteiger partial charge in [-0.2, -0.15) is 0 Å². The van der Waals surface area contributed by atoms with Crippen molar-refractivity contribution in [3.05, 3.63) is 56.2 Å². The van der Waals surface area contributed by atoms with Crippen LogP contribution >= 0.6 is 27.3 Å². The van der Waals surface area contributed by atoms with Crippen molar-refractivity contribution >= 4 is 33.2 Å². The van der Waals surface area contributed by atoms with E-state index in [0.717, 1.165) is 10.0 Å². The number of thiophene rings is 1. The van der Waals surface area contributed by atoms with Crippen molar-refractivity contribution in [2.75, 3.05) is 0 Å². The van der Waals surface area contributed by atoms with E-state index >= 15 is 0 Å². The third-order valence-electron chi connectivity index (χ3n) is 3.17. The van der Waals surface area contributed by atoms with Gasteiger partial charge in [0, 0.05) is 9.35 Å². The van der Waals surface area contributed by atoms with Gasteiger partial charge in [0.15, 0.2) is 0 Å². The first-order valence-corrected chi connectivity index (χ1v) is 8.26. The number of benzene rings is 1. The molecule has 0 fully saturated rings. The summed E-state index contributed by atoms with van der Waals surface area (Å²) in [5, 5.41) is 5.19. The Bertz CT molecular complexity index is 593. The molecule has 0 aliphatic carbocycles. The van der Waals surface area contributed by atoms with E-state index in [-0.39, 0.29) is 11.9 Å². The van der Waals surface area contributed by atoms with Crippen LogP contribution in [0.25, 0.3) is 0 Å². The van der Waals surface area contributed by atoms with Crippen LogP contribution in [0.1, 0.15) is 40.7 Å². The molecule has 0 spiro atoms. The van der Waals surface area contributed by atoms with Gasteiger partial charge in [-0.3, -0.25) is 4.79 Å². The molecule has 0 bridgehead atoms. The fraction of sp³-hybridized carbons (Fsp3) is 0.312. The number of halogens is 1. The Morgan fingerprint density at radius 1 is 1.30 bits per heavy atom. The highest BCUT2D eigenvalue weighted by Crippen LogP contribution is 2.27. The maximum absolute atomic E-state index is 12.5. The summed E-state index contributed by atoms with van der Waals surface area (Å²) in [5.41, 5.74) is 1.77. The fourth-order valence-corrected chi connectivity index (χ4v) is 3.44. The van der Waals surface area contributed by atoms with E-state index in [1.54, 1.807) is 11.3 Å². The molecule has 2 nitrogen and oxygen atoms in total. The number of hydrogen-bond acceptors (Lipinski definition) is 2. The summed E-state index contributed by atoms with van der Waals surface area (Å²) < 4.78 is 0.828. The number of amides is 1. The van der Waals surface area contributed by atoms with Crippen LogP contribution in [0.3, 0.4) is 0 Å². The van der Waals surface area contributed by atoms with E-state index in [1.165, 1.54) is 4.88 Å². The molecule has 1 heterocycles. The molecule has 2 aromatic rings. The van der Waals surface area contributed by atoms with E-state index in [1.807, 2.05) is 36.6 Å². The van der Waals surface area contributed by atoms with Crippen molar-refractivity contribution in [1.29, 1.82) is 0 Å². The third-order valence-corrected chi connectivity index (χ3v) is 4.82. The van der Waals surface area contributed by atoms with Crippen LogP contribution in [-0.4, -0.2) is 5.91 Å². The Morgan fingerprint density at radius 3 is 2.65 bits per heavy atom. The quantitative estimate of drug-likeness (QED) is 0.829. The van der Waals surface area contributed by atoms with Gasteiger partial charge < -0.3 is 5.32 Å². The molecule has 1 N–H and O–H groups in total. The highest BCUT2D eigenvalue weighted by molar-refractivity contribution is 9.10. The maximum Gasteiger partial charge on any atom is 0.252 e. The molecule has 1 amide bonds. The van der Waals surface area contributed by atoms with Crippen LogP contribution in [0, 0.1) is 12.8 Å². The standard InChI is InChI=1S/C16H18BrNOS/c1-10(2)15(14-5-4-8-20-14)18-16(19)12-9-11(3)6-7-13(12)17/h4-10,15H,1-3H3,(H,18,19). The topological polar surface area (TPSA) is 29.1 Å². The van der Waals surface area contributed by atoms with Gasteiger partial charge in [0.1, 0.15) is 0 Å². The molecule has 0 saturated carbocycles. The summed E-state index contributed by atoms with van der Waals surface area (Å²) in [4.78, 5) is 13.7. The number of nitrogens with one attached hydrogen (secondary N) is 1. The van der Waals surface area contributed by atoms with Crippen molar-refractivity contribution in [3.8, 4) is 0 Å². The Morgan fingerprint density at radius 2 is 2.05 bits per heavy atom. The second-order valence-corrected chi connectivity index (χ2v) is 7.03. The van der Waals surface area contributed by atoms with E-state index in [2.05, 4.69) is 41.2 Å². The lowest BCUT2D eigenvalue weighted by Gasteiger charge is -2.21. The Labute approximate surface area is 132 Å². The summed E-state index contributed by atoms with van der Waals surface area (Å²) in [6.07, 6.45) is 0. The zero-order valence-corrected chi connectivity index (χ0v) is 14.2. The van der Waals surface area contributed by atoms with Gasteiger partial charge in [0.25, 0.3) is 5.91 Å². The van der Waals surface area contributed by atoms with Crippen LogP contribution < -0.4 is 5.32 Å². The van der Waals surface area contributed by atoms with Crippen LogP contribution in [0.2, 0.25) is 0 Å². The van der Waals surface area contributed by atoms with Crippen LogP contribution in [0.15, 0.2) is 40.2 Å². The Balaban J connectivity index is 2.23. The second-order valence-electron chi connectivity index (χ2n) is 5.19. The molecular weight excluding hydrogens is 334 g/mol.